The molecule has 0 spiro atoms. The highest BCUT2D eigenvalue weighted by Crippen LogP contribution is 2.39. The van der Waals surface area contributed by atoms with Crippen LogP contribution in [0, 0.1) is 5.92 Å². The fourth-order valence-corrected chi connectivity index (χ4v) is 5.04. The van der Waals surface area contributed by atoms with Crippen LogP contribution in [0.3, 0.4) is 0 Å². The second-order valence-corrected chi connectivity index (χ2v) is 8.34. The predicted molar refractivity (Wildman–Crippen MR) is 76.3 cm³/mol. The lowest BCUT2D eigenvalue weighted by Gasteiger charge is -2.46. The highest BCUT2D eigenvalue weighted by molar-refractivity contribution is 7.91. The van der Waals surface area contributed by atoms with Crippen molar-refractivity contribution < 1.29 is 8.42 Å². The number of likely N-dealkylation sites (N-methyl/N-ethyl adjacent to an activating group) is 1. The standard InChI is InChI=1S/C13H28N2O2S/c1-10(2)11(3)15(4)13(9-14)8-6-7-12(13)18(5,16)17/h10-12H,6-9,14H2,1-5H3. The molecule has 5 heteroatoms. The molecule has 0 amide bonds. The lowest BCUT2D eigenvalue weighted by Crippen LogP contribution is -2.62. The van der Waals surface area contributed by atoms with Gasteiger partial charge in [-0.15, -0.1) is 0 Å². The minimum Gasteiger partial charge on any atom is -0.329 e. The molecular formula is C13H28N2O2S. The lowest BCUT2D eigenvalue weighted by atomic mass is 9.91. The van der Waals surface area contributed by atoms with E-state index in [-0.39, 0.29) is 10.8 Å². The van der Waals surface area contributed by atoms with Crippen LogP contribution >= 0.6 is 0 Å². The van der Waals surface area contributed by atoms with Crippen molar-refractivity contribution in [1.82, 2.24) is 4.90 Å². The maximum Gasteiger partial charge on any atom is 0.152 e. The van der Waals surface area contributed by atoms with Gasteiger partial charge >= 0.3 is 0 Å². The highest BCUT2D eigenvalue weighted by Gasteiger charge is 2.50. The van der Waals surface area contributed by atoms with Gasteiger partial charge in [0.2, 0.25) is 0 Å². The molecule has 0 aromatic heterocycles. The number of sulfone groups is 1. The van der Waals surface area contributed by atoms with E-state index < -0.39 is 9.84 Å². The minimum atomic E-state index is -3.05. The monoisotopic (exact) mass is 276 g/mol. The van der Waals surface area contributed by atoms with Crippen LogP contribution in [0.5, 0.6) is 0 Å². The van der Waals surface area contributed by atoms with Gasteiger partial charge in [0, 0.05) is 24.4 Å². The molecule has 0 aromatic carbocycles. The fourth-order valence-electron chi connectivity index (χ4n) is 3.27. The molecule has 1 fully saturated rings. The van der Waals surface area contributed by atoms with Crippen molar-refractivity contribution in [1.29, 1.82) is 0 Å². The number of rotatable bonds is 5. The molecule has 1 aliphatic rings. The van der Waals surface area contributed by atoms with E-state index in [1.54, 1.807) is 0 Å². The fraction of sp³-hybridized carbons (Fsp3) is 1.00. The van der Waals surface area contributed by atoms with Gasteiger partial charge in [-0.25, -0.2) is 8.42 Å². The summed E-state index contributed by atoms with van der Waals surface area (Å²) in [5, 5.41) is -0.318. The number of hydrogen-bond acceptors (Lipinski definition) is 4. The Hall–Kier alpha value is -0.130. The van der Waals surface area contributed by atoms with Crippen LogP contribution < -0.4 is 5.73 Å². The number of nitrogens with two attached hydrogens (primary N) is 1. The summed E-state index contributed by atoms with van der Waals surface area (Å²) in [6, 6.07) is 0.330. The van der Waals surface area contributed by atoms with Crippen LogP contribution in [-0.2, 0) is 9.84 Å². The highest BCUT2D eigenvalue weighted by atomic mass is 32.2. The van der Waals surface area contributed by atoms with Gasteiger partial charge < -0.3 is 5.73 Å². The Morgan fingerprint density at radius 1 is 1.39 bits per heavy atom. The molecule has 0 radical (unpaired) electrons. The molecule has 0 aliphatic heterocycles. The zero-order valence-electron chi connectivity index (χ0n) is 12.3. The molecule has 3 atom stereocenters. The molecule has 1 saturated carbocycles. The van der Waals surface area contributed by atoms with Gasteiger partial charge in [-0.3, -0.25) is 4.90 Å². The predicted octanol–water partition coefficient (Wildman–Crippen LogP) is 1.26. The van der Waals surface area contributed by atoms with E-state index in [9.17, 15) is 8.42 Å². The van der Waals surface area contributed by atoms with Crippen molar-refractivity contribution in [2.24, 2.45) is 11.7 Å². The Bertz CT molecular complexity index is 380. The van der Waals surface area contributed by atoms with E-state index in [4.69, 9.17) is 5.73 Å². The molecule has 3 unspecified atom stereocenters. The molecule has 1 rings (SSSR count). The van der Waals surface area contributed by atoms with Crippen LogP contribution in [0.1, 0.15) is 40.0 Å². The average molecular weight is 276 g/mol. The van der Waals surface area contributed by atoms with E-state index >= 15 is 0 Å². The van der Waals surface area contributed by atoms with Crippen molar-refractivity contribution in [3.05, 3.63) is 0 Å². The summed E-state index contributed by atoms with van der Waals surface area (Å²) in [7, 11) is -1.02. The Balaban J connectivity index is 3.12. The molecule has 0 aromatic rings. The molecule has 18 heavy (non-hydrogen) atoms. The SMILES string of the molecule is CC(C)C(C)N(C)C1(CN)CCCC1S(C)(=O)=O. The summed E-state index contributed by atoms with van der Waals surface area (Å²) < 4.78 is 24.0. The Morgan fingerprint density at radius 2 is 1.94 bits per heavy atom. The summed E-state index contributed by atoms with van der Waals surface area (Å²) in [5.74, 6) is 0.485. The summed E-state index contributed by atoms with van der Waals surface area (Å²) in [4.78, 5) is 2.22. The van der Waals surface area contributed by atoms with Crippen molar-refractivity contribution in [2.45, 2.75) is 56.9 Å². The van der Waals surface area contributed by atoms with Gasteiger partial charge in [-0.05, 0) is 32.7 Å². The van der Waals surface area contributed by atoms with Gasteiger partial charge in [0.05, 0.1) is 5.25 Å². The van der Waals surface area contributed by atoms with Gasteiger partial charge in [-0.1, -0.05) is 20.3 Å². The van der Waals surface area contributed by atoms with Crippen LogP contribution in [0.2, 0.25) is 0 Å². The molecular weight excluding hydrogens is 248 g/mol. The van der Waals surface area contributed by atoms with Crippen molar-refractivity contribution >= 4 is 9.84 Å². The first kappa shape index (κ1) is 15.9. The molecule has 2 N–H and O–H groups in total. The van der Waals surface area contributed by atoms with Gasteiger partial charge in [0.1, 0.15) is 0 Å². The second-order valence-electron chi connectivity index (χ2n) is 6.11. The molecule has 4 nitrogen and oxygen atoms in total. The van der Waals surface area contributed by atoms with E-state index in [0.717, 1.165) is 19.3 Å². The first-order valence-corrected chi connectivity index (χ1v) is 8.74. The van der Waals surface area contributed by atoms with Crippen molar-refractivity contribution in [3.8, 4) is 0 Å². The van der Waals surface area contributed by atoms with Crippen molar-refractivity contribution in [3.63, 3.8) is 0 Å². The zero-order valence-corrected chi connectivity index (χ0v) is 13.1. The summed E-state index contributed by atoms with van der Waals surface area (Å²) in [5.41, 5.74) is 5.61. The maximum absolute atomic E-state index is 12.0. The number of hydrogen-bond donors (Lipinski definition) is 1. The third kappa shape index (κ3) is 2.73. The van der Waals surface area contributed by atoms with Crippen LogP contribution in [0.4, 0.5) is 0 Å². The Morgan fingerprint density at radius 3 is 2.33 bits per heavy atom. The average Bonchev–Trinajstić information content (AvgIpc) is 2.71. The molecule has 0 saturated heterocycles. The summed E-state index contributed by atoms with van der Waals surface area (Å²) in [6.45, 7) is 6.89. The maximum atomic E-state index is 12.0. The van der Waals surface area contributed by atoms with E-state index in [1.807, 2.05) is 7.05 Å². The lowest BCUT2D eigenvalue weighted by molar-refractivity contribution is 0.0697. The first-order valence-electron chi connectivity index (χ1n) is 6.78. The molecule has 0 heterocycles. The van der Waals surface area contributed by atoms with Gasteiger partial charge in [0.25, 0.3) is 0 Å². The normalized spacial score (nSPS) is 31.2. The topological polar surface area (TPSA) is 63.4 Å². The quantitative estimate of drug-likeness (QED) is 0.821. The second kappa shape index (κ2) is 5.47. The van der Waals surface area contributed by atoms with Crippen LogP contribution in [-0.4, -0.2) is 50.0 Å². The zero-order chi connectivity index (χ0) is 14.1. The number of nitrogens with zero attached hydrogens (tertiary/aromatic N) is 1. The van der Waals surface area contributed by atoms with Gasteiger partial charge in [0.15, 0.2) is 9.84 Å². The van der Waals surface area contributed by atoms with Gasteiger partial charge in [-0.2, -0.15) is 0 Å². The Labute approximate surface area is 112 Å². The Kier molecular flexibility index (Phi) is 4.84. The van der Waals surface area contributed by atoms with Crippen molar-refractivity contribution in [2.75, 3.05) is 19.8 Å². The minimum absolute atomic E-state index is 0.318. The molecule has 0 bridgehead atoms. The van der Waals surface area contributed by atoms with E-state index in [2.05, 4.69) is 25.7 Å². The summed E-state index contributed by atoms with van der Waals surface area (Å²) >= 11 is 0. The molecule has 1 aliphatic carbocycles. The van der Waals surface area contributed by atoms with E-state index in [0.29, 0.717) is 18.5 Å². The first-order chi connectivity index (χ1) is 8.16. The van der Waals surface area contributed by atoms with Crippen LogP contribution in [0.25, 0.3) is 0 Å². The summed E-state index contributed by atoms with van der Waals surface area (Å²) in [6.07, 6.45) is 3.92. The largest absolute Gasteiger partial charge is 0.329 e. The third-order valence-corrected chi connectivity index (χ3v) is 6.53. The molecule has 108 valence electrons. The third-order valence-electron chi connectivity index (χ3n) is 4.82. The smallest absolute Gasteiger partial charge is 0.152 e. The van der Waals surface area contributed by atoms with E-state index in [1.165, 1.54) is 6.26 Å². The van der Waals surface area contributed by atoms with Crippen LogP contribution in [0.15, 0.2) is 0 Å².